The minimum Gasteiger partial charge on any atom is -0.481 e. The van der Waals surface area contributed by atoms with Crippen molar-refractivity contribution in [2.24, 2.45) is 58.2 Å². The van der Waals surface area contributed by atoms with Gasteiger partial charge in [0, 0.05) is 0 Å². The fourth-order valence-electron chi connectivity index (χ4n) is 15.3. The van der Waals surface area contributed by atoms with Gasteiger partial charge in [0.05, 0.1) is 35.6 Å². The first-order chi connectivity index (χ1) is 21.1. The van der Waals surface area contributed by atoms with Gasteiger partial charge in [0.15, 0.2) is 0 Å². The van der Waals surface area contributed by atoms with Gasteiger partial charge in [0.1, 0.15) is 10.8 Å². The molecule has 0 aromatic carbocycles. The number of carbonyl (C=O) groups is 2. The summed E-state index contributed by atoms with van der Waals surface area (Å²) in [6, 6.07) is 0. The topological polar surface area (TPSA) is 134 Å². The highest BCUT2D eigenvalue weighted by atomic mass is 16.6. The second-order valence-corrected chi connectivity index (χ2v) is 17.9. The van der Waals surface area contributed by atoms with E-state index in [0.29, 0.717) is 36.5 Å². The van der Waals surface area contributed by atoms with E-state index in [1.807, 2.05) is 0 Å². The van der Waals surface area contributed by atoms with Crippen molar-refractivity contribution in [3.63, 3.8) is 0 Å². The lowest BCUT2D eigenvalue weighted by atomic mass is 9.43. The molecule has 8 nitrogen and oxygen atoms in total. The molecule has 0 radical (unpaired) electrons. The molecular weight excluding hydrogens is 560 g/mol. The van der Waals surface area contributed by atoms with Crippen LogP contribution in [0, 0.1) is 58.2 Å². The summed E-state index contributed by atoms with van der Waals surface area (Å²) in [7, 11) is 0. The van der Waals surface area contributed by atoms with Crippen molar-refractivity contribution in [2.75, 3.05) is 13.2 Å². The molecule has 12 fully saturated rings. The number of carboxylic acid groups (broad SMARTS) is 2. The molecule has 12 rings (SSSR count). The molecule has 0 unspecified atom stereocenters. The molecule has 2 saturated heterocycles. The zero-order chi connectivity index (χ0) is 30.3. The second kappa shape index (κ2) is 9.23. The third-order valence-corrected chi connectivity index (χ3v) is 16.1. The monoisotopic (exact) mass is 612 g/mol. The van der Waals surface area contributed by atoms with Crippen molar-refractivity contribution in [3.8, 4) is 0 Å². The van der Waals surface area contributed by atoms with Crippen LogP contribution in [0.4, 0.5) is 0 Å². The van der Waals surface area contributed by atoms with Gasteiger partial charge in [0.25, 0.3) is 0 Å². The molecule has 10 saturated carbocycles. The van der Waals surface area contributed by atoms with E-state index in [2.05, 4.69) is 0 Å². The molecule has 0 amide bonds. The van der Waals surface area contributed by atoms with E-state index in [9.17, 15) is 30.0 Å². The van der Waals surface area contributed by atoms with Gasteiger partial charge < -0.3 is 29.9 Å². The van der Waals surface area contributed by atoms with Gasteiger partial charge in [-0.2, -0.15) is 0 Å². The quantitative estimate of drug-likeness (QED) is 0.342. The summed E-state index contributed by atoms with van der Waals surface area (Å²) in [5.41, 5.74) is -3.60. The number of aliphatic hydroxyl groups is 2. The van der Waals surface area contributed by atoms with Gasteiger partial charge in [-0.25, -0.2) is 0 Å². The van der Waals surface area contributed by atoms with E-state index >= 15 is 0 Å². The van der Waals surface area contributed by atoms with Crippen molar-refractivity contribution < 1.29 is 39.5 Å². The minimum atomic E-state index is -0.739. The van der Waals surface area contributed by atoms with Crippen molar-refractivity contribution >= 4 is 11.9 Å². The molecule has 12 bridgehead atoms. The summed E-state index contributed by atoms with van der Waals surface area (Å²) in [6.45, 7) is -0.0356. The van der Waals surface area contributed by atoms with E-state index < -0.39 is 45.2 Å². The van der Waals surface area contributed by atoms with Crippen LogP contribution in [0.15, 0.2) is 0 Å². The number of aliphatic carboxylic acids is 2. The maximum atomic E-state index is 12.4. The summed E-state index contributed by atoms with van der Waals surface area (Å²) < 4.78 is 13.4. The average Bonchev–Trinajstić information content (AvgIpc) is 3.35. The molecular formula is C36H52O8. The molecule has 2 heterocycles. The van der Waals surface area contributed by atoms with Crippen LogP contribution in [0.25, 0.3) is 0 Å². The van der Waals surface area contributed by atoms with E-state index in [0.717, 1.165) is 114 Å². The molecule has 10 aliphatic carbocycles. The third-order valence-electron chi connectivity index (χ3n) is 16.1. The van der Waals surface area contributed by atoms with Crippen LogP contribution in [0.3, 0.4) is 0 Å². The fraction of sp³-hybridized carbons (Fsp3) is 0.944. The Morgan fingerprint density at radius 2 is 0.841 bits per heavy atom. The molecule has 4 atom stereocenters. The fourth-order valence-corrected chi connectivity index (χ4v) is 15.3. The Hall–Kier alpha value is -1.22. The Balaban J connectivity index is 0.000000123. The van der Waals surface area contributed by atoms with Gasteiger partial charge in [-0.3, -0.25) is 9.59 Å². The van der Waals surface area contributed by atoms with Crippen molar-refractivity contribution in [2.45, 2.75) is 138 Å². The number of fused-ring (bicyclic) bond motifs is 4. The van der Waals surface area contributed by atoms with E-state index in [4.69, 9.17) is 9.47 Å². The van der Waals surface area contributed by atoms with E-state index in [1.54, 1.807) is 0 Å². The normalized spacial score (nSPS) is 58.4. The van der Waals surface area contributed by atoms with Crippen LogP contribution in [0.1, 0.15) is 116 Å². The number of hydrogen-bond acceptors (Lipinski definition) is 6. The molecule has 0 aromatic heterocycles. The van der Waals surface area contributed by atoms with Gasteiger partial charge in [-0.05, 0) is 163 Å². The van der Waals surface area contributed by atoms with Crippen LogP contribution >= 0.6 is 0 Å². The Morgan fingerprint density at radius 1 is 0.523 bits per heavy atom. The lowest BCUT2D eigenvalue weighted by Gasteiger charge is -2.63. The maximum absolute atomic E-state index is 12.4. The maximum Gasteiger partial charge on any atom is 0.312 e. The largest absolute Gasteiger partial charge is 0.481 e. The first-order valence-electron chi connectivity index (χ1n) is 18.2. The molecule has 2 spiro atoms. The van der Waals surface area contributed by atoms with Gasteiger partial charge in [-0.15, -0.1) is 0 Å². The molecule has 4 N–H and O–H groups in total. The van der Waals surface area contributed by atoms with Gasteiger partial charge >= 0.3 is 11.9 Å². The second-order valence-electron chi connectivity index (χ2n) is 17.9. The van der Waals surface area contributed by atoms with Crippen molar-refractivity contribution in [3.05, 3.63) is 0 Å². The highest BCUT2D eigenvalue weighted by molar-refractivity contribution is 5.78. The molecule has 12 aliphatic rings. The molecule has 2 aliphatic heterocycles. The van der Waals surface area contributed by atoms with Crippen LogP contribution in [-0.4, -0.2) is 68.0 Å². The average molecular weight is 613 g/mol. The SMILES string of the molecule is O=C(O)[C@@]12CCC[C@@](CO)(C1)OC21C2CC3CC(C2)CC1C3.O=C(O)[C@]12CCC[C@](CO)(C1)OC21C2CC3CC(C2)CC1C3. The number of hydrogen-bond donors (Lipinski definition) is 4. The minimum absolute atomic E-state index is 0.0178. The summed E-state index contributed by atoms with van der Waals surface area (Å²) in [5.74, 6) is 3.52. The predicted molar refractivity (Wildman–Crippen MR) is 158 cm³/mol. The highest BCUT2D eigenvalue weighted by Gasteiger charge is 2.78. The Labute approximate surface area is 260 Å². The lowest BCUT2D eigenvalue weighted by molar-refractivity contribution is -0.251. The zero-order valence-corrected chi connectivity index (χ0v) is 26.2. The summed E-state index contributed by atoms with van der Waals surface area (Å²) in [4.78, 5) is 24.9. The molecule has 244 valence electrons. The van der Waals surface area contributed by atoms with E-state index in [1.165, 1.54) is 12.8 Å². The standard InChI is InChI=1S/2C18H26O4/c2*19-10-16-2-1-3-17(9-16,15(20)21)18(22-16)13-5-11-4-12(7-13)8-14(18)6-11/h2*11-14,19H,1-10H2,(H,20,21)/t2*11?,12?,13?,14?,16-,17+,18?/m10/s1. The molecule has 0 aromatic rings. The summed E-state index contributed by atoms with van der Waals surface area (Å²) >= 11 is 0. The Kier molecular flexibility index (Phi) is 6.07. The summed E-state index contributed by atoms with van der Waals surface area (Å²) in [5, 5.41) is 40.4. The zero-order valence-electron chi connectivity index (χ0n) is 26.2. The van der Waals surface area contributed by atoms with Crippen LogP contribution in [0.2, 0.25) is 0 Å². The van der Waals surface area contributed by atoms with Crippen LogP contribution in [-0.2, 0) is 19.1 Å². The number of ether oxygens (including phenoxy) is 2. The first-order valence-corrected chi connectivity index (χ1v) is 18.2. The third kappa shape index (κ3) is 3.35. The molecule has 8 heteroatoms. The summed E-state index contributed by atoms with van der Waals surface area (Å²) in [6.07, 6.45) is 17.9. The Morgan fingerprint density at radius 3 is 1.11 bits per heavy atom. The van der Waals surface area contributed by atoms with Crippen molar-refractivity contribution in [1.29, 1.82) is 0 Å². The Bertz CT molecular complexity index is 1100. The van der Waals surface area contributed by atoms with E-state index in [-0.39, 0.29) is 13.2 Å². The van der Waals surface area contributed by atoms with Crippen LogP contribution in [0.5, 0.6) is 0 Å². The predicted octanol–water partition coefficient (Wildman–Crippen LogP) is 5.18. The van der Waals surface area contributed by atoms with Crippen molar-refractivity contribution in [1.82, 2.24) is 0 Å². The smallest absolute Gasteiger partial charge is 0.312 e. The number of carboxylic acids is 2. The van der Waals surface area contributed by atoms with Crippen LogP contribution < -0.4 is 0 Å². The highest BCUT2D eigenvalue weighted by Crippen LogP contribution is 2.74. The number of aliphatic hydroxyl groups excluding tert-OH is 2. The number of rotatable bonds is 4. The van der Waals surface area contributed by atoms with Gasteiger partial charge in [-0.1, -0.05) is 0 Å². The molecule has 44 heavy (non-hydrogen) atoms. The van der Waals surface area contributed by atoms with Gasteiger partial charge in [0.2, 0.25) is 0 Å². The first kappa shape index (κ1) is 29.0. The lowest BCUT2D eigenvalue weighted by Crippen LogP contribution is -2.66.